The molecule has 2 rings (SSSR count). The maximum absolute atomic E-state index is 12.3. The van der Waals surface area contributed by atoms with E-state index in [4.69, 9.17) is 10.5 Å². The average Bonchev–Trinajstić information content (AvgIpc) is 2.33. The number of benzene rings is 1. The first-order valence-electron chi connectivity index (χ1n) is 6.15. The number of aryl methyl sites for hydroxylation is 1. The van der Waals surface area contributed by atoms with Crippen LogP contribution in [0.4, 0.5) is 5.69 Å². The second kappa shape index (κ2) is 5.28. The van der Waals surface area contributed by atoms with Crippen molar-refractivity contribution in [3.05, 3.63) is 23.8 Å². The van der Waals surface area contributed by atoms with Crippen LogP contribution in [0, 0.1) is 12.8 Å². The predicted molar refractivity (Wildman–Crippen MR) is 71.2 cm³/mol. The Bertz CT molecular complexity index is 519. The van der Waals surface area contributed by atoms with E-state index in [1.54, 1.807) is 18.2 Å². The molecule has 0 amide bonds. The largest absolute Gasteiger partial charge is 0.399 e. The topological polar surface area (TPSA) is 69.4 Å². The molecule has 2 N–H and O–H groups in total. The fourth-order valence-electron chi connectivity index (χ4n) is 2.16. The first-order valence-corrected chi connectivity index (χ1v) is 7.81. The van der Waals surface area contributed by atoms with E-state index in [1.807, 2.05) is 6.92 Å². The van der Waals surface area contributed by atoms with Crippen LogP contribution in [-0.4, -0.2) is 27.4 Å². The van der Waals surface area contributed by atoms with Crippen LogP contribution in [0.15, 0.2) is 23.1 Å². The summed E-state index contributed by atoms with van der Waals surface area (Å²) in [5.74, 6) is 0.418. The van der Waals surface area contributed by atoms with Crippen molar-refractivity contribution in [2.24, 2.45) is 5.92 Å². The van der Waals surface area contributed by atoms with Crippen LogP contribution in [0.2, 0.25) is 0 Å². The molecule has 1 aromatic carbocycles. The third kappa shape index (κ3) is 3.03. The molecule has 1 aromatic rings. The van der Waals surface area contributed by atoms with Gasteiger partial charge in [0.25, 0.3) is 0 Å². The molecule has 100 valence electrons. The Labute approximate surface area is 108 Å². The van der Waals surface area contributed by atoms with Gasteiger partial charge in [-0.15, -0.1) is 0 Å². The summed E-state index contributed by atoms with van der Waals surface area (Å²) in [6.45, 7) is 3.16. The van der Waals surface area contributed by atoms with Crippen LogP contribution in [0.3, 0.4) is 0 Å². The van der Waals surface area contributed by atoms with E-state index >= 15 is 0 Å². The van der Waals surface area contributed by atoms with Gasteiger partial charge in [0.1, 0.15) is 0 Å². The molecule has 0 saturated carbocycles. The summed E-state index contributed by atoms with van der Waals surface area (Å²) >= 11 is 0. The van der Waals surface area contributed by atoms with E-state index < -0.39 is 9.84 Å². The molecule has 0 bridgehead atoms. The molecule has 4 nitrogen and oxygen atoms in total. The highest BCUT2D eigenvalue weighted by molar-refractivity contribution is 7.91. The van der Waals surface area contributed by atoms with E-state index in [1.165, 1.54) is 0 Å². The number of nitrogens with two attached hydrogens (primary N) is 1. The van der Waals surface area contributed by atoms with Gasteiger partial charge in [0.05, 0.1) is 10.6 Å². The molecular formula is C13H19NO3S. The van der Waals surface area contributed by atoms with Gasteiger partial charge in [-0.25, -0.2) is 8.42 Å². The number of hydrogen-bond acceptors (Lipinski definition) is 4. The number of rotatable bonds is 3. The monoisotopic (exact) mass is 269 g/mol. The predicted octanol–water partition coefficient (Wildman–Crippen LogP) is 1.78. The van der Waals surface area contributed by atoms with Crippen LogP contribution in [-0.2, 0) is 14.6 Å². The molecule has 0 unspecified atom stereocenters. The number of anilines is 1. The van der Waals surface area contributed by atoms with Crippen LogP contribution < -0.4 is 5.73 Å². The molecule has 0 aliphatic carbocycles. The van der Waals surface area contributed by atoms with E-state index in [0.29, 0.717) is 23.8 Å². The van der Waals surface area contributed by atoms with Crippen molar-refractivity contribution in [2.75, 3.05) is 24.7 Å². The Morgan fingerprint density at radius 3 is 2.61 bits per heavy atom. The fourth-order valence-corrected chi connectivity index (χ4v) is 3.94. The van der Waals surface area contributed by atoms with Crippen molar-refractivity contribution in [3.63, 3.8) is 0 Å². The lowest BCUT2D eigenvalue weighted by atomic mass is 10.0. The minimum Gasteiger partial charge on any atom is -0.399 e. The molecule has 5 heteroatoms. The fraction of sp³-hybridized carbons (Fsp3) is 0.538. The van der Waals surface area contributed by atoms with Gasteiger partial charge < -0.3 is 10.5 Å². The van der Waals surface area contributed by atoms with Crippen molar-refractivity contribution in [1.82, 2.24) is 0 Å². The molecule has 0 spiro atoms. The number of nitrogen functional groups attached to an aromatic ring is 1. The van der Waals surface area contributed by atoms with Crippen LogP contribution in [0.1, 0.15) is 18.4 Å². The summed E-state index contributed by atoms with van der Waals surface area (Å²) < 4.78 is 29.8. The summed E-state index contributed by atoms with van der Waals surface area (Å²) in [5.41, 5.74) is 7.14. The van der Waals surface area contributed by atoms with Crippen molar-refractivity contribution < 1.29 is 13.2 Å². The molecule has 18 heavy (non-hydrogen) atoms. The Morgan fingerprint density at radius 2 is 2.00 bits per heavy atom. The highest BCUT2D eigenvalue weighted by Gasteiger charge is 2.23. The Balaban J connectivity index is 2.16. The molecule has 1 aliphatic rings. The first-order chi connectivity index (χ1) is 8.49. The zero-order chi connectivity index (χ0) is 13.2. The summed E-state index contributed by atoms with van der Waals surface area (Å²) in [7, 11) is -3.21. The number of ether oxygens (including phenoxy) is 1. The number of sulfone groups is 1. The quantitative estimate of drug-likeness (QED) is 0.849. The summed E-state index contributed by atoms with van der Waals surface area (Å²) in [5, 5.41) is 0. The Morgan fingerprint density at radius 1 is 1.33 bits per heavy atom. The molecule has 1 heterocycles. The smallest absolute Gasteiger partial charge is 0.178 e. The normalized spacial score (nSPS) is 17.8. The molecule has 1 aliphatic heterocycles. The lowest BCUT2D eigenvalue weighted by molar-refractivity contribution is 0.0723. The standard InChI is InChI=1S/C13H19NO3S/c1-10-8-12(2-3-13(10)14)18(15,16)9-11-4-6-17-7-5-11/h2-3,8,11H,4-7,9,14H2,1H3. The van der Waals surface area contributed by atoms with Crippen molar-refractivity contribution in [2.45, 2.75) is 24.7 Å². The van der Waals surface area contributed by atoms with Crippen LogP contribution >= 0.6 is 0 Å². The minimum absolute atomic E-state index is 0.208. The average molecular weight is 269 g/mol. The van der Waals surface area contributed by atoms with E-state index in [-0.39, 0.29) is 11.7 Å². The van der Waals surface area contributed by atoms with Gasteiger partial charge in [0.15, 0.2) is 9.84 Å². The van der Waals surface area contributed by atoms with Crippen molar-refractivity contribution >= 4 is 15.5 Å². The third-order valence-electron chi connectivity index (χ3n) is 3.40. The summed E-state index contributed by atoms with van der Waals surface area (Å²) in [6, 6.07) is 4.91. The van der Waals surface area contributed by atoms with Crippen LogP contribution in [0.5, 0.6) is 0 Å². The van der Waals surface area contributed by atoms with Gasteiger partial charge in [-0.2, -0.15) is 0 Å². The summed E-state index contributed by atoms with van der Waals surface area (Å²) in [6.07, 6.45) is 1.65. The van der Waals surface area contributed by atoms with Crippen molar-refractivity contribution in [1.29, 1.82) is 0 Å². The Hall–Kier alpha value is -1.07. The molecular weight excluding hydrogens is 250 g/mol. The van der Waals surface area contributed by atoms with Gasteiger partial charge in [-0.3, -0.25) is 0 Å². The molecule has 1 saturated heterocycles. The lowest BCUT2D eigenvalue weighted by Gasteiger charge is -2.21. The van der Waals surface area contributed by atoms with E-state index in [2.05, 4.69) is 0 Å². The highest BCUT2D eigenvalue weighted by Crippen LogP contribution is 2.23. The maximum Gasteiger partial charge on any atom is 0.178 e. The van der Waals surface area contributed by atoms with Gasteiger partial charge in [-0.1, -0.05) is 0 Å². The van der Waals surface area contributed by atoms with Gasteiger partial charge in [-0.05, 0) is 49.4 Å². The zero-order valence-corrected chi connectivity index (χ0v) is 11.4. The number of hydrogen-bond donors (Lipinski definition) is 1. The van der Waals surface area contributed by atoms with E-state index in [9.17, 15) is 8.42 Å². The third-order valence-corrected chi connectivity index (χ3v) is 5.28. The van der Waals surface area contributed by atoms with Gasteiger partial charge >= 0.3 is 0 Å². The van der Waals surface area contributed by atoms with Crippen LogP contribution in [0.25, 0.3) is 0 Å². The van der Waals surface area contributed by atoms with Crippen molar-refractivity contribution in [3.8, 4) is 0 Å². The SMILES string of the molecule is Cc1cc(S(=O)(=O)CC2CCOCC2)ccc1N. The van der Waals surface area contributed by atoms with Gasteiger partial charge in [0, 0.05) is 18.9 Å². The highest BCUT2D eigenvalue weighted by atomic mass is 32.2. The molecule has 1 fully saturated rings. The van der Waals surface area contributed by atoms with E-state index in [0.717, 1.165) is 18.4 Å². The molecule has 0 aromatic heterocycles. The second-order valence-electron chi connectivity index (χ2n) is 4.86. The second-order valence-corrected chi connectivity index (χ2v) is 6.89. The Kier molecular flexibility index (Phi) is 3.92. The van der Waals surface area contributed by atoms with Gasteiger partial charge in [0.2, 0.25) is 0 Å². The minimum atomic E-state index is -3.21. The lowest BCUT2D eigenvalue weighted by Crippen LogP contribution is -2.23. The molecule has 0 radical (unpaired) electrons. The summed E-state index contributed by atoms with van der Waals surface area (Å²) in [4.78, 5) is 0.376. The first kappa shape index (κ1) is 13.4. The zero-order valence-electron chi connectivity index (χ0n) is 10.6. The molecule has 0 atom stereocenters. The maximum atomic E-state index is 12.3.